The largest absolute Gasteiger partial charge is 0.368 e. The molecule has 0 saturated carbocycles. The molecule has 0 N–H and O–H groups in total. The van der Waals surface area contributed by atoms with Crippen molar-refractivity contribution < 1.29 is 14.1 Å². The predicted molar refractivity (Wildman–Crippen MR) is 41.7 cm³/mol. The van der Waals surface area contributed by atoms with Crippen molar-refractivity contribution in [3.05, 3.63) is 39.7 Å². The van der Waals surface area contributed by atoms with Crippen LogP contribution in [0.25, 0.3) is 0 Å². The number of nitrogens with zero attached hydrogens (tertiary/aromatic N) is 1. The molecule has 0 aromatic heterocycles. The first-order valence-electron chi connectivity index (χ1n) is 3.74. The van der Waals surface area contributed by atoms with Gasteiger partial charge in [-0.1, -0.05) is 6.07 Å². The first kappa shape index (κ1) is 8.12. The van der Waals surface area contributed by atoms with Crippen molar-refractivity contribution in [2.75, 3.05) is 6.61 Å². The normalized spacial score (nSPS) is 19.9. The number of rotatable bonds is 2. The Labute approximate surface area is 73.1 Å². The summed E-state index contributed by atoms with van der Waals surface area (Å²) in [6.07, 6.45) is -0.429. The molecule has 1 atom stereocenters. The first-order valence-corrected chi connectivity index (χ1v) is 3.74. The number of hydrogen-bond acceptors (Lipinski definition) is 3. The second kappa shape index (κ2) is 2.77. The maximum absolute atomic E-state index is 13.1. The zero-order valence-corrected chi connectivity index (χ0v) is 6.57. The lowest BCUT2D eigenvalue weighted by Crippen LogP contribution is -1.97. The van der Waals surface area contributed by atoms with E-state index < -0.39 is 16.8 Å². The number of nitro benzene ring substituents is 1. The first-order chi connectivity index (χ1) is 6.20. The van der Waals surface area contributed by atoms with E-state index in [1.807, 2.05) is 0 Å². The monoisotopic (exact) mass is 183 g/mol. The van der Waals surface area contributed by atoms with Gasteiger partial charge in [0.15, 0.2) is 0 Å². The van der Waals surface area contributed by atoms with Crippen LogP contribution in [-0.2, 0) is 4.74 Å². The molecular formula is C8H6FNO3. The highest BCUT2D eigenvalue weighted by atomic mass is 19.1. The third kappa shape index (κ3) is 1.38. The third-order valence-corrected chi connectivity index (χ3v) is 1.88. The second-order valence-corrected chi connectivity index (χ2v) is 2.75. The molecule has 1 aliphatic rings. The molecule has 1 heterocycles. The number of benzene rings is 1. The van der Waals surface area contributed by atoms with Crippen LogP contribution in [0.5, 0.6) is 0 Å². The van der Waals surface area contributed by atoms with Crippen LogP contribution in [0.1, 0.15) is 11.7 Å². The van der Waals surface area contributed by atoms with Crippen LogP contribution in [0.4, 0.5) is 10.1 Å². The van der Waals surface area contributed by atoms with Crippen molar-refractivity contribution in [2.45, 2.75) is 6.10 Å². The molecular weight excluding hydrogens is 177 g/mol. The molecule has 0 radical (unpaired) electrons. The molecule has 1 saturated heterocycles. The van der Waals surface area contributed by atoms with E-state index in [2.05, 4.69) is 0 Å². The van der Waals surface area contributed by atoms with Gasteiger partial charge in [0, 0.05) is 6.07 Å². The minimum absolute atomic E-state index is 0.0625. The Hall–Kier alpha value is -1.49. The van der Waals surface area contributed by atoms with Crippen LogP contribution in [0.2, 0.25) is 0 Å². The molecule has 1 fully saturated rings. The summed E-state index contributed by atoms with van der Waals surface area (Å²) < 4.78 is 17.9. The summed E-state index contributed by atoms with van der Waals surface area (Å²) in [6.45, 7) is 0.363. The lowest BCUT2D eigenvalue weighted by atomic mass is 10.1. The highest BCUT2D eigenvalue weighted by Crippen LogP contribution is 2.37. The molecule has 2 rings (SSSR count). The van der Waals surface area contributed by atoms with Crippen LogP contribution in [-0.4, -0.2) is 11.5 Å². The highest BCUT2D eigenvalue weighted by molar-refractivity contribution is 5.43. The van der Waals surface area contributed by atoms with E-state index in [1.165, 1.54) is 18.2 Å². The van der Waals surface area contributed by atoms with Gasteiger partial charge >= 0.3 is 0 Å². The van der Waals surface area contributed by atoms with Gasteiger partial charge in [-0.3, -0.25) is 10.1 Å². The Balaban J connectivity index is 2.53. The van der Waals surface area contributed by atoms with Crippen molar-refractivity contribution in [1.29, 1.82) is 0 Å². The van der Waals surface area contributed by atoms with E-state index in [1.54, 1.807) is 0 Å². The van der Waals surface area contributed by atoms with E-state index in [9.17, 15) is 14.5 Å². The smallest absolute Gasteiger partial charge is 0.278 e. The van der Waals surface area contributed by atoms with Crippen molar-refractivity contribution in [3.63, 3.8) is 0 Å². The third-order valence-electron chi connectivity index (χ3n) is 1.88. The average molecular weight is 183 g/mol. The van der Waals surface area contributed by atoms with Gasteiger partial charge in [0.2, 0.25) is 0 Å². The Morgan fingerprint density at radius 1 is 1.62 bits per heavy atom. The number of nitro groups is 1. The van der Waals surface area contributed by atoms with Gasteiger partial charge in [0.05, 0.1) is 17.1 Å². The van der Waals surface area contributed by atoms with E-state index in [4.69, 9.17) is 4.74 Å². The quantitative estimate of drug-likeness (QED) is 0.399. The van der Waals surface area contributed by atoms with E-state index >= 15 is 0 Å². The molecule has 1 aromatic carbocycles. The highest BCUT2D eigenvalue weighted by Gasteiger charge is 2.34. The summed E-state index contributed by atoms with van der Waals surface area (Å²) in [7, 11) is 0. The fourth-order valence-corrected chi connectivity index (χ4v) is 1.22. The fraction of sp³-hybridized carbons (Fsp3) is 0.250. The minimum atomic E-state index is -0.597. The number of halogens is 1. The number of hydrogen-bond donors (Lipinski definition) is 0. The Kier molecular flexibility index (Phi) is 1.73. The summed E-state index contributed by atoms with van der Waals surface area (Å²) in [5.74, 6) is -0.572. The maximum Gasteiger partial charge on any atom is 0.278 e. The summed E-state index contributed by atoms with van der Waals surface area (Å²) >= 11 is 0. The van der Waals surface area contributed by atoms with Gasteiger partial charge in [-0.25, -0.2) is 4.39 Å². The van der Waals surface area contributed by atoms with Crippen molar-refractivity contribution >= 4 is 5.69 Å². The molecule has 1 aliphatic heterocycles. The second-order valence-electron chi connectivity index (χ2n) is 2.75. The van der Waals surface area contributed by atoms with E-state index in [-0.39, 0.29) is 11.3 Å². The fourth-order valence-electron chi connectivity index (χ4n) is 1.22. The standard InChI is InChI=1S/C8H6FNO3/c9-5-2-1-3-6(10(11)12)8(5)7-4-13-7/h1-3,7H,4H2/t7-/m0/s1. The molecule has 68 valence electrons. The van der Waals surface area contributed by atoms with Crippen molar-refractivity contribution in [2.24, 2.45) is 0 Å². The minimum Gasteiger partial charge on any atom is -0.368 e. The maximum atomic E-state index is 13.1. The van der Waals surface area contributed by atoms with Crippen LogP contribution in [0, 0.1) is 15.9 Å². The van der Waals surface area contributed by atoms with Gasteiger partial charge in [-0.05, 0) is 6.07 Å². The Morgan fingerprint density at radius 3 is 2.85 bits per heavy atom. The van der Waals surface area contributed by atoms with Crippen molar-refractivity contribution in [3.8, 4) is 0 Å². The van der Waals surface area contributed by atoms with Gasteiger partial charge < -0.3 is 4.74 Å². The van der Waals surface area contributed by atoms with Gasteiger partial charge in [0.1, 0.15) is 11.9 Å². The summed E-state index contributed by atoms with van der Waals surface area (Å²) in [5, 5.41) is 10.5. The SMILES string of the molecule is O=[N+]([O-])c1cccc(F)c1[C@@H]1CO1. The van der Waals surface area contributed by atoms with Crippen molar-refractivity contribution in [1.82, 2.24) is 0 Å². The zero-order valence-electron chi connectivity index (χ0n) is 6.57. The van der Waals surface area contributed by atoms with Gasteiger partial charge in [-0.2, -0.15) is 0 Å². The number of epoxide rings is 1. The molecule has 0 unspecified atom stereocenters. The lowest BCUT2D eigenvalue weighted by Gasteiger charge is -1.99. The lowest BCUT2D eigenvalue weighted by molar-refractivity contribution is -0.385. The molecule has 0 bridgehead atoms. The van der Waals surface area contributed by atoms with E-state index in [0.717, 1.165) is 0 Å². The van der Waals surface area contributed by atoms with Gasteiger partial charge in [0.25, 0.3) is 5.69 Å². The summed E-state index contributed by atoms with van der Waals surface area (Å²) in [6, 6.07) is 3.80. The Morgan fingerprint density at radius 2 is 2.31 bits per heavy atom. The van der Waals surface area contributed by atoms with E-state index in [0.29, 0.717) is 6.61 Å². The number of ether oxygens (including phenoxy) is 1. The van der Waals surface area contributed by atoms with Crippen LogP contribution in [0.3, 0.4) is 0 Å². The summed E-state index contributed by atoms with van der Waals surface area (Å²) in [4.78, 5) is 9.89. The molecule has 13 heavy (non-hydrogen) atoms. The van der Waals surface area contributed by atoms with Crippen LogP contribution >= 0.6 is 0 Å². The molecule has 0 amide bonds. The van der Waals surface area contributed by atoms with Crippen LogP contribution < -0.4 is 0 Å². The molecule has 0 spiro atoms. The molecule has 0 aliphatic carbocycles. The van der Waals surface area contributed by atoms with Crippen LogP contribution in [0.15, 0.2) is 18.2 Å². The van der Waals surface area contributed by atoms with Gasteiger partial charge in [-0.15, -0.1) is 0 Å². The Bertz CT molecular complexity index is 362. The topological polar surface area (TPSA) is 55.7 Å². The molecule has 1 aromatic rings. The summed E-state index contributed by atoms with van der Waals surface area (Å²) in [5.41, 5.74) is -0.144. The zero-order chi connectivity index (χ0) is 9.42. The molecule has 5 heteroatoms. The average Bonchev–Trinajstić information content (AvgIpc) is 2.86. The molecule has 4 nitrogen and oxygen atoms in total. The predicted octanol–water partition coefficient (Wildman–Crippen LogP) is 1.81.